The van der Waals surface area contributed by atoms with Crippen LogP contribution < -0.4 is 0 Å². The lowest BCUT2D eigenvalue weighted by atomic mass is 9.84. The second kappa shape index (κ2) is 6.59. The SMILES string of the molecule is O=C(c1ccsc1)N1CCC2(CCC(=O)N2Cc2cccnc2)CC1. The number of carbonyl (C=O) groups is 2. The Labute approximate surface area is 151 Å². The zero-order valence-corrected chi connectivity index (χ0v) is 14.9. The van der Waals surface area contributed by atoms with Crippen molar-refractivity contribution >= 4 is 23.2 Å². The molecule has 2 amide bonds. The first-order valence-electron chi connectivity index (χ1n) is 8.69. The second-order valence-corrected chi connectivity index (χ2v) is 7.65. The third-order valence-corrected chi connectivity index (χ3v) is 6.17. The van der Waals surface area contributed by atoms with Gasteiger partial charge >= 0.3 is 0 Å². The van der Waals surface area contributed by atoms with Gasteiger partial charge in [-0.3, -0.25) is 14.6 Å². The molecule has 5 nitrogen and oxygen atoms in total. The van der Waals surface area contributed by atoms with Crippen molar-refractivity contribution in [1.82, 2.24) is 14.8 Å². The van der Waals surface area contributed by atoms with Gasteiger partial charge in [-0.2, -0.15) is 11.3 Å². The lowest BCUT2D eigenvalue weighted by Crippen LogP contribution is -2.53. The number of amides is 2. The van der Waals surface area contributed by atoms with Crippen molar-refractivity contribution in [3.05, 3.63) is 52.5 Å². The lowest BCUT2D eigenvalue weighted by Gasteiger charge is -2.45. The lowest BCUT2D eigenvalue weighted by molar-refractivity contribution is -0.133. The van der Waals surface area contributed by atoms with Crippen LogP contribution in [0.5, 0.6) is 0 Å². The summed E-state index contributed by atoms with van der Waals surface area (Å²) in [5.74, 6) is 0.334. The average Bonchev–Trinajstić information content (AvgIpc) is 3.28. The molecule has 0 atom stereocenters. The second-order valence-electron chi connectivity index (χ2n) is 6.87. The largest absolute Gasteiger partial charge is 0.338 e. The first-order valence-corrected chi connectivity index (χ1v) is 9.63. The minimum absolute atomic E-state index is 0.0989. The van der Waals surface area contributed by atoms with Gasteiger partial charge in [-0.05, 0) is 42.3 Å². The van der Waals surface area contributed by atoms with Gasteiger partial charge < -0.3 is 9.80 Å². The smallest absolute Gasteiger partial charge is 0.254 e. The highest BCUT2D eigenvalue weighted by atomic mass is 32.1. The molecule has 25 heavy (non-hydrogen) atoms. The van der Waals surface area contributed by atoms with Gasteiger partial charge in [0.2, 0.25) is 5.91 Å². The van der Waals surface area contributed by atoms with Crippen LogP contribution in [0, 0.1) is 0 Å². The van der Waals surface area contributed by atoms with Gasteiger partial charge in [-0.15, -0.1) is 0 Å². The number of carbonyl (C=O) groups excluding carboxylic acids is 2. The molecule has 2 aromatic rings. The van der Waals surface area contributed by atoms with Crippen LogP contribution in [-0.4, -0.2) is 45.2 Å². The molecule has 2 fully saturated rings. The molecule has 0 bridgehead atoms. The molecule has 6 heteroatoms. The quantitative estimate of drug-likeness (QED) is 0.851. The van der Waals surface area contributed by atoms with Crippen LogP contribution in [0.3, 0.4) is 0 Å². The fourth-order valence-corrected chi connectivity index (χ4v) is 4.65. The van der Waals surface area contributed by atoms with Crippen LogP contribution in [0.2, 0.25) is 0 Å². The molecule has 2 aromatic heterocycles. The maximum atomic E-state index is 12.5. The molecule has 130 valence electrons. The predicted octanol–water partition coefficient (Wildman–Crippen LogP) is 2.94. The summed E-state index contributed by atoms with van der Waals surface area (Å²) < 4.78 is 0. The minimum Gasteiger partial charge on any atom is -0.338 e. The fourth-order valence-electron chi connectivity index (χ4n) is 4.02. The van der Waals surface area contributed by atoms with Crippen molar-refractivity contribution in [2.75, 3.05) is 13.1 Å². The summed E-state index contributed by atoms with van der Waals surface area (Å²) in [4.78, 5) is 33.2. The molecule has 2 saturated heterocycles. The number of hydrogen-bond acceptors (Lipinski definition) is 4. The van der Waals surface area contributed by atoms with E-state index in [2.05, 4.69) is 4.98 Å². The number of thiophene rings is 1. The van der Waals surface area contributed by atoms with Crippen molar-refractivity contribution in [2.24, 2.45) is 0 Å². The zero-order valence-electron chi connectivity index (χ0n) is 14.1. The van der Waals surface area contributed by atoms with E-state index in [0.29, 0.717) is 26.1 Å². The van der Waals surface area contributed by atoms with Crippen LogP contribution in [0.1, 0.15) is 41.6 Å². The summed E-state index contributed by atoms with van der Waals surface area (Å²) in [7, 11) is 0. The zero-order chi connectivity index (χ0) is 17.3. The average molecular weight is 355 g/mol. The van der Waals surface area contributed by atoms with Crippen LogP contribution in [0.4, 0.5) is 0 Å². The van der Waals surface area contributed by atoms with E-state index in [1.54, 1.807) is 17.5 Å². The molecule has 0 saturated carbocycles. The van der Waals surface area contributed by atoms with Crippen molar-refractivity contribution < 1.29 is 9.59 Å². The topological polar surface area (TPSA) is 53.5 Å². The number of aromatic nitrogens is 1. The van der Waals surface area contributed by atoms with Crippen LogP contribution in [0.15, 0.2) is 41.4 Å². The van der Waals surface area contributed by atoms with Gasteiger partial charge in [0.15, 0.2) is 0 Å². The van der Waals surface area contributed by atoms with Gasteiger partial charge in [0.25, 0.3) is 5.91 Å². The summed E-state index contributed by atoms with van der Waals surface area (Å²) in [6.07, 6.45) is 6.79. The first kappa shape index (κ1) is 16.3. The Kier molecular flexibility index (Phi) is 4.29. The summed E-state index contributed by atoms with van der Waals surface area (Å²) in [5.41, 5.74) is 1.74. The summed E-state index contributed by atoms with van der Waals surface area (Å²) in [5, 5.41) is 3.84. The monoisotopic (exact) mass is 355 g/mol. The standard InChI is InChI=1S/C19H21N3O2S/c23-17-3-5-19(22(17)13-15-2-1-8-20-12-15)6-9-21(10-7-19)18(24)16-4-11-25-14-16/h1-2,4,8,11-12,14H,3,5-7,9-10,13H2. The molecule has 2 aliphatic rings. The highest BCUT2D eigenvalue weighted by Crippen LogP contribution is 2.40. The maximum absolute atomic E-state index is 12.5. The third-order valence-electron chi connectivity index (χ3n) is 5.49. The number of rotatable bonds is 3. The molecular weight excluding hydrogens is 334 g/mol. The van der Waals surface area contributed by atoms with Crippen molar-refractivity contribution in [3.63, 3.8) is 0 Å². The van der Waals surface area contributed by atoms with Crippen molar-refractivity contribution in [1.29, 1.82) is 0 Å². The highest BCUT2D eigenvalue weighted by molar-refractivity contribution is 7.08. The summed E-state index contributed by atoms with van der Waals surface area (Å²) in [6.45, 7) is 2.04. The molecule has 4 rings (SSSR count). The Morgan fingerprint density at radius 2 is 2.08 bits per heavy atom. The Bertz CT molecular complexity index is 752. The molecule has 2 aliphatic heterocycles. The van der Waals surface area contributed by atoms with Crippen LogP contribution >= 0.6 is 11.3 Å². The molecule has 0 aliphatic carbocycles. The summed E-state index contributed by atoms with van der Waals surface area (Å²) in [6, 6.07) is 5.80. The van der Waals surface area contributed by atoms with Gasteiger partial charge in [-0.25, -0.2) is 0 Å². The van der Waals surface area contributed by atoms with Gasteiger partial charge in [0.1, 0.15) is 0 Å². The normalized spacial score (nSPS) is 19.6. The highest BCUT2D eigenvalue weighted by Gasteiger charge is 2.47. The van der Waals surface area contributed by atoms with E-state index < -0.39 is 0 Å². The van der Waals surface area contributed by atoms with E-state index in [1.165, 1.54) is 0 Å². The number of hydrogen-bond donors (Lipinski definition) is 0. The van der Waals surface area contributed by atoms with E-state index in [4.69, 9.17) is 0 Å². The van der Waals surface area contributed by atoms with Crippen molar-refractivity contribution in [3.8, 4) is 0 Å². The van der Waals surface area contributed by atoms with E-state index in [1.807, 2.05) is 45.0 Å². The Hall–Kier alpha value is -2.21. The van der Waals surface area contributed by atoms with E-state index >= 15 is 0 Å². The first-order chi connectivity index (χ1) is 12.2. The van der Waals surface area contributed by atoms with E-state index in [-0.39, 0.29) is 17.4 Å². The molecule has 0 aromatic carbocycles. The molecule has 4 heterocycles. The molecular formula is C19H21N3O2S. The fraction of sp³-hybridized carbons (Fsp3) is 0.421. The molecule has 1 spiro atoms. The number of likely N-dealkylation sites (tertiary alicyclic amines) is 2. The molecule has 0 radical (unpaired) electrons. The number of nitrogens with zero attached hydrogens (tertiary/aromatic N) is 3. The molecule has 0 N–H and O–H groups in total. The third kappa shape index (κ3) is 3.06. The van der Waals surface area contributed by atoms with Crippen molar-refractivity contribution in [2.45, 2.75) is 37.8 Å². The minimum atomic E-state index is -0.0989. The van der Waals surface area contributed by atoms with Crippen LogP contribution in [0.25, 0.3) is 0 Å². The van der Waals surface area contributed by atoms with Gasteiger partial charge in [0.05, 0.1) is 5.56 Å². The predicted molar refractivity (Wildman–Crippen MR) is 96.2 cm³/mol. The van der Waals surface area contributed by atoms with E-state index in [0.717, 1.165) is 30.4 Å². The molecule has 0 unspecified atom stereocenters. The van der Waals surface area contributed by atoms with Gasteiger partial charge in [-0.1, -0.05) is 6.07 Å². The summed E-state index contributed by atoms with van der Waals surface area (Å²) >= 11 is 1.55. The Balaban J connectivity index is 1.47. The van der Waals surface area contributed by atoms with Gasteiger partial charge in [0, 0.05) is 49.4 Å². The Morgan fingerprint density at radius 1 is 1.24 bits per heavy atom. The number of pyridine rings is 1. The maximum Gasteiger partial charge on any atom is 0.254 e. The Morgan fingerprint density at radius 3 is 2.76 bits per heavy atom. The van der Waals surface area contributed by atoms with Crippen LogP contribution in [-0.2, 0) is 11.3 Å². The number of piperidine rings is 1. The van der Waals surface area contributed by atoms with E-state index in [9.17, 15) is 9.59 Å².